The summed E-state index contributed by atoms with van der Waals surface area (Å²) in [5, 5.41) is 7.26. The maximum absolute atomic E-state index is 12.4. The van der Waals surface area contributed by atoms with Gasteiger partial charge in [-0.15, -0.1) is 0 Å². The van der Waals surface area contributed by atoms with Gasteiger partial charge in [-0.05, 0) is 46.4 Å². The molecule has 0 saturated carbocycles. The lowest BCUT2D eigenvalue weighted by atomic mass is 9.95. The van der Waals surface area contributed by atoms with Crippen molar-refractivity contribution in [3.8, 4) is 11.1 Å². The van der Waals surface area contributed by atoms with E-state index in [2.05, 4.69) is 34.3 Å². The molecule has 1 saturated heterocycles. The molecule has 1 N–H and O–H groups in total. The molecule has 1 aliphatic rings. The molecule has 1 fully saturated rings. The predicted molar refractivity (Wildman–Crippen MR) is 96.6 cm³/mol. The van der Waals surface area contributed by atoms with Crippen molar-refractivity contribution in [2.45, 2.75) is 26.3 Å². The third-order valence-electron chi connectivity index (χ3n) is 4.61. The fourth-order valence-electron chi connectivity index (χ4n) is 3.16. The van der Waals surface area contributed by atoms with Crippen LogP contribution in [0.5, 0.6) is 0 Å². The first-order chi connectivity index (χ1) is 11.6. The van der Waals surface area contributed by atoms with Gasteiger partial charge in [0.05, 0.1) is 0 Å². The molecular formula is C19H22N2O2S. The first-order valence-corrected chi connectivity index (χ1v) is 9.23. The number of likely N-dealkylation sites (tertiary alicyclic amines) is 1. The fraction of sp³-hybridized carbons (Fsp3) is 0.368. The first kappa shape index (κ1) is 16.7. The molecule has 0 spiro atoms. The Balaban J connectivity index is 1.59. The largest absolute Gasteiger partial charge is 0.352 e. The Hall–Kier alpha value is -2.14. The Labute approximate surface area is 146 Å². The summed E-state index contributed by atoms with van der Waals surface area (Å²) in [7, 11) is 0. The van der Waals surface area contributed by atoms with Gasteiger partial charge in [-0.3, -0.25) is 9.59 Å². The van der Waals surface area contributed by atoms with Crippen LogP contribution in [0.25, 0.3) is 11.1 Å². The number of carbonyl (C=O) groups is 2. The zero-order chi connectivity index (χ0) is 16.9. The molecule has 2 aromatic rings. The van der Waals surface area contributed by atoms with Gasteiger partial charge in [-0.25, -0.2) is 0 Å². The summed E-state index contributed by atoms with van der Waals surface area (Å²) >= 11 is 1.67. The van der Waals surface area contributed by atoms with E-state index >= 15 is 0 Å². The highest BCUT2D eigenvalue weighted by Crippen LogP contribution is 2.26. The van der Waals surface area contributed by atoms with E-state index in [1.165, 1.54) is 11.1 Å². The summed E-state index contributed by atoms with van der Waals surface area (Å²) in [4.78, 5) is 25.6. The highest BCUT2D eigenvalue weighted by Gasteiger charge is 2.25. The molecule has 2 amide bonds. The van der Waals surface area contributed by atoms with E-state index in [1.54, 1.807) is 18.3 Å². The second-order valence-corrected chi connectivity index (χ2v) is 6.95. The molecule has 5 heteroatoms. The summed E-state index contributed by atoms with van der Waals surface area (Å²) in [5.41, 5.74) is 3.50. The molecule has 3 rings (SSSR count). The normalized spacial score (nSPS) is 15.3. The van der Waals surface area contributed by atoms with Gasteiger partial charge in [0.1, 0.15) is 0 Å². The number of hydrogen-bond acceptors (Lipinski definition) is 3. The van der Waals surface area contributed by atoms with Crippen LogP contribution in [0.1, 0.15) is 25.3 Å². The highest BCUT2D eigenvalue weighted by atomic mass is 32.1. The molecule has 4 nitrogen and oxygen atoms in total. The maximum atomic E-state index is 12.4. The van der Waals surface area contributed by atoms with Crippen molar-refractivity contribution >= 4 is 23.2 Å². The van der Waals surface area contributed by atoms with E-state index in [1.807, 2.05) is 17.0 Å². The summed E-state index contributed by atoms with van der Waals surface area (Å²) in [6.07, 6.45) is 1.50. The molecule has 24 heavy (non-hydrogen) atoms. The minimum Gasteiger partial charge on any atom is -0.352 e. The number of piperidine rings is 1. The van der Waals surface area contributed by atoms with E-state index in [9.17, 15) is 9.59 Å². The smallest absolute Gasteiger partial charge is 0.223 e. The first-order valence-electron chi connectivity index (χ1n) is 8.29. The molecule has 1 aliphatic heterocycles. The van der Waals surface area contributed by atoms with E-state index < -0.39 is 0 Å². The monoisotopic (exact) mass is 342 g/mol. The number of hydrogen-bond donors (Lipinski definition) is 1. The van der Waals surface area contributed by atoms with Crippen LogP contribution in [0.3, 0.4) is 0 Å². The van der Waals surface area contributed by atoms with Crippen LogP contribution in [0.2, 0.25) is 0 Å². The number of rotatable bonds is 4. The van der Waals surface area contributed by atoms with Crippen molar-refractivity contribution in [3.63, 3.8) is 0 Å². The van der Waals surface area contributed by atoms with E-state index in [-0.39, 0.29) is 17.7 Å². The lowest BCUT2D eigenvalue weighted by Crippen LogP contribution is -2.42. The van der Waals surface area contributed by atoms with Crippen molar-refractivity contribution in [3.05, 3.63) is 46.7 Å². The van der Waals surface area contributed by atoms with Gasteiger partial charge in [0.2, 0.25) is 11.8 Å². The van der Waals surface area contributed by atoms with Crippen molar-refractivity contribution < 1.29 is 9.59 Å². The SMILES string of the molecule is CC(=O)N1CCC(C(=O)NCc2ccccc2-c2ccsc2)CC1. The van der Waals surface area contributed by atoms with Crippen LogP contribution in [0.4, 0.5) is 0 Å². The second kappa shape index (κ2) is 7.62. The summed E-state index contributed by atoms with van der Waals surface area (Å²) in [6, 6.07) is 10.3. The highest BCUT2D eigenvalue weighted by molar-refractivity contribution is 7.08. The number of thiophene rings is 1. The van der Waals surface area contributed by atoms with Gasteiger partial charge in [0.15, 0.2) is 0 Å². The number of benzene rings is 1. The van der Waals surface area contributed by atoms with Crippen molar-refractivity contribution in [1.29, 1.82) is 0 Å². The minimum atomic E-state index is 0.00825. The number of amides is 2. The van der Waals surface area contributed by atoms with Gasteiger partial charge in [-0.1, -0.05) is 24.3 Å². The maximum Gasteiger partial charge on any atom is 0.223 e. The van der Waals surface area contributed by atoms with Gasteiger partial charge in [-0.2, -0.15) is 11.3 Å². The van der Waals surface area contributed by atoms with Crippen molar-refractivity contribution in [1.82, 2.24) is 10.2 Å². The molecule has 0 radical (unpaired) electrons. The van der Waals surface area contributed by atoms with Crippen molar-refractivity contribution in [2.75, 3.05) is 13.1 Å². The van der Waals surface area contributed by atoms with Crippen LogP contribution in [0.15, 0.2) is 41.1 Å². The quantitative estimate of drug-likeness (QED) is 0.927. The molecular weight excluding hydrogens is 320 g/mol. The van der Waals surface area contributed by atoms with Gasteiger partial charge in [0.25, 0.3) is 0 Å². The average Bonchev–Trinajstić information content (AvgIpc) is 3.14. The fourth-order valence-corrected chi connectivity index (χ4v) is 3.81. The number of carbonyl (C=O) groups excluding carboxylic acids is 2. The molecule has 0 atom stereocenters. The molecule has 0 bridgehead atoms. The zero-order valence-electron chi connectivity index (χ0n) is 13.8. The third kappa shape index (κ3) is 3.85. The minimum absolute atomic E-state index is 0.00825. The van der Waals surface area contributed by atoms with Crippen LogP contribution >= 0.6 is 11.3 Å². The summed E-state index contributed by atoms with van der Waals surface area (Å²) in [6.45, 7) is 3.48. The molecule has 0 aliphatic carbocycles. The predicted octanol–water partition coefficient (Wildman–Crippen LogP) is 3.29. The van der Waals surface area contributed by atoms with E-state index in [0.717, 1.165) is 18.4 Å². The Morgan fingerprint density at radius 2 is 1.96 bits per heavy atom. The molecule has 2 heterocycles. The standard InChI is InChI=1S/C19H22N2O2S/c1-14(22)21-9-6-15(7-10-21)19(23)20-12-16-4-2-3-5-18(16)17-8-11-24-13-17/h2-5,8,11,13,15H,6-7,9-10,12H2,1H3,(H,20,23). The van der Waals surface area contributed by atoms with Crippen LogP contribution in [-0.2, 0) is 16.1 Å². The third-order valence-corrected chi connectivity index (χ3v) is 5.30. The number of nitrogens with one attached hydrogen (secondary N) is 1. The average molecular weight is 342 g/mol. The van der Waals surface area contributed by atoms with Gasteiger partial charge >= 0.3 is 0 Å². The summed E-state index contributed by atoms with van der Waals surface area (Å²) in [5.74, 6) is 0.200. The van der Waals surface area contributed by atoms with Gasteiger partial charge < -0.3 is 10.2 Å². The van der Waals surface area contributed by atoms with E-state index in [0.29, 0.717) is 19.6 Å². The number of nitrogens with zero attached hydrogens (tertiary/aromatic N) is 1. The lowest BCUT2D eigenvalue weighted by Gasteiger charge is -2.30. The van der Waals surface area contributed by atoms with E-state index in [4.69, 9.17) is 0 Å². The Kier molecular flexibility index (Phi) is 5.30. The lowest BCUT2D eigenvalue weighted by molar-refractivity contribution is -0.134. The topological polar surface area (TPSA) is 49.4 Å². The molecule has 126 valence electrons. The second-order valence-electron chi connectivity index (χ2n) is 6.17. The van der Waals surface area contributed by atoms with Crippen molar-refractivity contribution in [2.24, 2.45) is 5.92 Å². The molecule has 1 aromatic heterocycles. The summed E-state index contributed by atoms with van der Waals surface area (Å²) < 4.78 is 0. The van der Waals surface area contributed by atoms with Gasteiger partial charge in [0, 0.05) is 32.5 Å². The Morgan fingerprint density at radius 1 is 1.21 bits per heavy atom. The van der Waals surface area contributed by atoms with Crippen LogP contribution < -0.4 is 5.32 Å². The Bertz CT molecular complexity index is 704. The molecule has 1 aromatic carbocycles. The van der Waals surface area contributed by atoms with Crippen LogP contribution in [-0.4, -0.2) is 29.8 Å². The zero-order valence-corrected chi connectivity index (χ0v) is 14.6. The Morgan fingerprint density at radius 3 is 2.62 bits per heavy atom. The molecule has 0 unspecified atom stereocenters. The van der Waals surface area contributed by atoms with Crippen LogP contribution in [0, 0.1) is 5.92 Å².